The van der Waals surface area contributed by atoms with Crippen LogP contribution in [-0.4, -0.2) is 25.0 Å². The Morgan fingerprint density at radius 2 is 2.29 bits per heavy atom. The number of halogens is 1. The highest BCUT2D eigenvalue weighted by Crippen LogP contribution is 2.29. The van der Waals surface area contributed by atoms with Crippen LogP contribution in [0.25, 0.3) is 0 Å². The van der Waals surface area contributed by atoms with Crippen LogP contribution >= 0.6 is 22.9 Å². The van der Waals surface area contributed by atoms with Gasteiger partial charge in [0, 0.05) is 10.9 Å². The van der Waals surface area contributed by atoms with E-state index < -0.39 is 0 Å². The maximum absolute atomic E-state index is 5.89. The molecule has 0 aliphatic heterocycles. The Kier molecular flexibility index (Phi) is 4.89. The predicted octanol–water partition coefficient (Wildman–Crippen LogP) is 2.74. The Bertz CT molecular complexity index is 275. The van der Waals surface area contributed by atoms with Crippen LogP contribution < -0.4 is 5.73 Å². The third kappa shape index (κ3) is 3.24. The largest absolute Gasteiger partial charge is 0.330 e. The summed E-state index contributed by atoms with van der Waals surface area (Å²) in [6.07, 6.45) is 1.04. The summed E-state index contributed by atoms with van der Waals surface area (Å²) in [5, 5.41) is 0. The summed E-state index contributed by atoms with van der Waals surface area (Å²) < 4.78 is 0.860. The summed E-state index contributed by atoms with van der Waals surface area (Å²) in [5.41, 5.74) is 5.47. The topological polar surface area (TPSA) is 29.3 Å². The molecule has 1 atom stereocenters. The van der Waals surface area contributed by atoms with Gasteiger partial charge in [0.05, 0.1) is 4.34 Å². The first kappa shape index (κ1) is 12.0. The zero-order valence-electron chi connectivity index (χ0n) is 8.66. The van der Waals surface area contributed by atoms with E-state index in [1.807, 2.05) is 6.07 Å². The molecule has 1 heterocycles. The van der Waals surface area contributed by atoms with E-state index in [0.717, 1.165) is 23.8 Å². The van der Waals surface area contributed by atoms with Gasteiger partial charge in [-0.15, -0.1) is 11.3 Å². The molecule has 2 nitrogen and oxygen atoms in total. The molecule has 0 saturated carbocycles. The standard InChI is InChI=1S/C10H17ClN2S/c1-8(13(2)7-3-6-12)9-4-5-10(11)14-9/h4-5,8H,3,6-7,12H2,1-2H3. The third-order valence-electron chi connectivity index (χ3n) is 2.38. The van der Waals surface area contributed by atoms with Crippen LogP contribution in [0, 0.1) is 0 Å². The van der Waals surface area contributed by atoms with Gasteiger partial charge in [-0.2, -0.15) is 0 Å². The molecule has 14 heavy (non-hydrogen) atoms. The first-order chi connectivity index (χ1) is 6.65. The third-order valence-corrected chi connectivity index (χ3v) is 3.78. The van der Waals surface area contributed by atoms with Crippen molar-refractivity contribution in [2.75, 3.05) is 20.1 Å². The van der Waals surface area contributed by atoms with Crippen molar-refractivity contribution in [2.45, 2.75) is 19.4 Å². The van der Waals surface area contributed by atoms with Crippen molar-refractivity contribution in [1.82, 2.24) is 4.90 Å². The molecule has 0 fully saturated rings. The Balaban J connectivity index is 2.51. The molecule has 2 N–H and O–H groups in total. The molecule has 1 aromatic heterocycles. The highest BCUT2D eigenvalue weighted by Gasteiger charge is 2.12. The summed E-state index contributed by atoms with van der Waals surface area (Å²) in [7, 11) is 2.12. The van der Waals surface area contributed by atoms with Gasteiger partial charge in [-0.05, 0) is 45.6 Å². The Morgan fingerprint density at radius 3 is 2.79 bits per heavy atom. The lowest BCUT2D eigenvalue weighted by molar-refractivity contribution is 0.263. The molecular weight excluding hydrogens is 216 g/mol. The number of thiophene rings is 1. The average Bonchev–Trinajstić information content (AvgIpc) is 2.60. The van der Waals surface area contributed by atoms with E-state index in [-0.39, 0.29) is 0 Å². The first-order valence-electron chi connectivity index (χ1n) is 4.80. The van der Waals surface area contributed by atoms with Gasteiger partial charge in [-0.1, -0.05) is 11.6 Å². The van der Waals surface area contributed by atoms with E-state index in [2.05, 4.69) is 24.9 Å². The minimum Gasteiger partial charge on any atom is -0.330 e. The summed E-state index contributed by atoms with van der Waals surface area (Å²) in [5.74, 6) is 0. The van der Waals surface area contributed by atoms with Crippen LogP contribution in [0.2, 0.25) is 4.34 Å². The van der Waals surface area contributed by atoms with Gasteiger partial charge in [0.2, 0.25) is 0 Å². The van der Waals surface area contributed by atoms with Crippen molar-refractivity contribution in [3.63, 3.8) is 0 Å². The Labute approximate surface area is 94.7 Å². The molecule has 0 aliphatic rings. The fourth-order valence-electron chi connectivity index (χ4n) is 1.30. The van der Waals surface area contributed by atoms with Gasteiger partial charge in [-0.3, -0.25) is 4.90 Å². The van der Waals surface area contributed by atoms with Crippen LogP contribution in [-0.2, 0) is 0 Å². The zero-order valence-corrected chi connectivity index (χ0v) is 10.2. The molecule has 0 aliphatic carbocycles. The smallest absolute Gasteiger partial charge is 0.0931 e. The van der Waals surface area contributed by atoms with E-state index in [1.165, 1.54) is 4.88 Å². The lowest BCUT2D eigenvalue weighted by Crippen LogP contribution is -2.24. The molecular formula is C10H17ClN2S. The van der Waals surface area contributed by atoms with E-state index in [9.17, 15) is 0 Å². The molecule has 0 aromatic carbocycles. The van der Waals surface area contributed by atoms with Gasteiger partial charge in [0.15, 0.2) is 0 Å². The van der Waals surface area contributed by atoms with Gasteiger partial charge in [-0.25, -0.2) is 0 Å². The second kappa shape index (κ2) is 5.71. The molecule has 0 amide bonds. The predicted molar refractivity (Wildman–Crippen MR) is 64.0 cm³/mol. The van der Waals surface area contributed by atoms with Crippen LogP contribution in [0.3, 0.4) is 0 Å². The lowest BCUT2D eigenvalue weighted by atomic mass is 10.2. The Hall–Kier alpha value is -0.0900. The van der Waals surface area contributed by atoms with E-state index in [0.29, 0.717) is 6.04 Å². The van der Waals surface area contributed by atoms with Crippen LogP contribution in [0.5, 0.6) is 0 Å². The number of nitrogens with zero attached hydrogens (tertiary/aromatic N) is 1. The fraction of sp³-hybridized carbons (Fsp3) is 0.600. The molecule has 4 heteroatoms. The minimum atomic E-state index is 0.430. The maximum Gasteiger partial charge on any atom is 0.0931 e. The molecule has 80 valence electrons. The molecule has 1 aromatic rings. The Morgan fingerprint density at radius 1 is 1.57 bits per heavy atom. The van der Waals surface area contributed by atoms with Crippen LogP contribution in [0.15, 0.2) is 12.1 Å². The van der Waals surface area contributed by atoms with Crippen molar-refractivity contribution in [1.29, 1.82) is 0 Å². The second-order valence-corrected chi connectivity index (χ2v) is 5.19. The lowest BCUT2D eigenvalue weighted by Gasteiger charge is -2.23. The quantitative estimate of drug-likeness (QED) is 0.846. The van der Waals surface area contributed by atoms with Crippen molar-refractivity contribution >= 4 is 22.9 Å². The normalized spacial score (nSPS) is 13.5. The monoisotopic (exact) mass is 232 g/mol. The van der Waals surface area contributed by atoms with Crippen molar-refractivity contribution in [2.24, 2.45) is 5.73 Å². The summed E-state index contributed by atoms with van der Waals surface area (Å²) in [6.45, 7) is 3.98. The number of hydrogen-bond acceptors (Lipinski definition) is 3. The zero-order chi connectivity index (χ0) is 10.6. The molecule has 0 bridgehead atoms. The average molecular weight is 233 g/mol. The molecule has 0 radical (unpaired) electrons. The molecule has 1 rings (SSSR count). The second-order valence-electron chi connectivity index (χ2n) is 3.44. The van der Waals surface area contributed by atoms with Crippen molar-refractivity contribution < 1.29 is 0 Å². The summed E-state index contributed by atoms with van der Waals surface area (Å²) in [6, 6.07) is 4.48. The van der Waals surface area contributed by atoms with Crippen molar-refractivity contribution in [3.05, 3.63) is 21.3 Å². The summed E-state index contributed by atoms with van der Waals surface area (Å²) in [4.78, 5) is 3.61. The maximum atomic E-state index is 5.89. The molecule has 0 saturated heterocycles. The first-order valence-corrected chi connectivity index (χ1v) is 6.00. The van der Waals surface area contributed by atoms with Gasteiger partial charge >= 0.3 is 0 Å². The highest BCUT2D eigenvalue weighted by molar-refractivity contribution is 7.16. The highest BCUT2D eigenvalue weighted by atomic mass is 35.5. The number of rotatable bonds is 5. The SMILES string of the molecule is CC(c1ccc(Cl)s1)N(C)CCCN. The molecule has 0 spiro atoms. The van der Waals surface area contributed by atoms with E-state index >= 15 is 0 Å². The van der Waals surface area contributed by atoms with Crippen LogP contribution in [0.4, 0.5) is 0 Å². The van der Waals surface area contributed by atoms with Crippen LogP contribution in [0.1, 0.15) is 24.3 Å². The molecule has 1 unspecified atom stereocenters. The van der Waals surface area contributed by atoms with Gasteiger partial charge < -0.3 is 5.73 Å². The fourth-order valence-corrected chi connectivity index (χ4v) is 2.48. The van der Waals surface area contributed by atoms with Crippen molar-refractivity contribution in [3.8, 4) is 0 Å². The van der Waals surface area contributed by atoms with Gasteiger partial charge in [0.1, 0.15) is 0 Å². The summed E-state index contributed by atoms with van der Waals surface area (Å²) >= 11 is 7.54. The number of nitrogens with two attached hydrogens (primary N) is 1. The number of hydrogen-bond donors (Lipinski definition) is 1. The van der Waals surface area contributed by atoms with E-state index in [4.69, 9.17) is 17.3 Å². The van der Waals surface area contributed by atoms with Gasteiger partial charge in [0.25, 0.3) is 0 Å². The van der Waals surface area contributed by atoms with E-state index in [1.54, 1.807) is 11.3 Å². The minimum absolute atomic E-state index is 0.430.